The van der Waals surface area contributed by atoms with Crippen molar-refractivity contribution < 1.29 is 14.3 Å². The summed E-state index contributed by atoms with van der Waals surface area (Å²) in [5.41, 5.74) is 2.48. The fourth-order valence-electron chi connectivity index (χ4n) is 2.86. The van der Waals surface area contributed by atoms with E-state index in [1.54, 1.807) is 44.4 Å². The third-order valence-corrected chi connectivity index (χ3v) is 4.70. The number of benzene rings is 2. The predicted molar refractivity (Wildman–Crippen MR) is 107 cm³/mol. The second-order valence-electron chi connectivity index (χ2n) is 6.49. The SMILES string of the molecule is CN(C)C(=O)c1cc(NC(=O)c2ccc(N3CCOCC3)cc2)ccc1Cl. The lowest BCUT2D eigenvalue weighted by Crippen LogP contribution is -2.36. The molecule has 2 amide bonds. The summed E-state index contributed by atoms with van der Waals surface area (Å²) < 4.78 is 5.36. The maximum absolute atomic E-state index is 12.5. The molecule has 0 unspecified atom stereocenters. The molecule has 27 heavy (non-hydrogen) atoms. The van der Waals surface area contributed by atoms with Crippen LogP contribution >= 0.6 is 11.6 Å². The molecule has 2 aromatic rings. The average molecular weight is 388 g/mol. The largest absolute Gasteiger partial charge is 0.378 e. The lowest BCUT2D eigenvalue weighted by molar-refractivity contribution is 0.0827. The van der Waals surface area contributed by atoms with E-state index in [2.05, 4.69) is 10.2 Å². The Kier molecular flexibility index (Phi) is 5.98. The highest BCUT2D eigenvalue weighted by atomic mass is 35.5. The van der Waals surface area contributed by atoms with Crippen molar-refractivity contribution in [2.75, 3.05) is 50.6 Å². The van der Waals surface area contributed by atoms with Crippen LogP contribution < -0.4 is 10.2 Å². The Morgan fingerprint density at radius 3 is 2.37 bits per heavy atom. The number of morpholine rings is 1. The Bertz CT molecular complexity index is 831. The molecule has 6 nitrogen and oxygen atoms in total. The Hall–Kier alpha value is -2.57. The summed E-state index contributed by atoms with van der Waals surface area (Å²) in [6.45, 7) is 3.12. The van der Waals surface area contributed by atoms with Gasteiger partial charge in [0.2, 0.25) is 0 Å². The van der Waals surface area contributed by atoms with E-state index in [1.807, 2.05) is 12.1 Å². The third kappa shape index (κ3) is 4.59. The minimum atomic E-state index is -0.242. The third-order valence-electron chi connectivity index (χ3n) is 4.37. The van der Waals surface area contributed by atoms with Gasteiger partial charge < -0.3 is 19.9 Å². The Morgan fingerprint density at radius 2 is 1.74 bits per heavy atom. The quantitative estimate of drug-likeness (QED) is 0.875. The Balaban J connectivity index is 1.71. The number of ether oxygens (including phenoxy) is 1. The van der Waals surface area contributed by atoms with E-state index in [1.165, 1.54) is 4.90 Å². The maximum Gasteiger partial charge on any atom is 0.255 e. The molecule has 1 fully saturated rings. The van der Waals surface area contributed by atoms with E-state index in [9.17, 15) is 9.59 Å². The van der Waals surface area contributed by atoms with E-state index in [0.29, 0.717) is 35.1 Å². The number of carbonyl (C=O) groups is 2. The second kappa shape index (κ2) is 8.41. The van der Waals surface area contributed by atoms with Crippen LogP contribution in [0.1, 0.15) is 20.7 Å². The van der Waals surface area contributed by atoms with Gasteiger partial charge in [-0.3, -0.25) is 9.59 Å². The molecular weight excluding hydrogens is 366 g/mol. The maximum atomic E-state index is 12.5. The first-order chi connectivity index (χ1) is 13.0. The number of nitrogens with zero attached hydrogens (tertiary/aromatic N) is 2. The lowest BCUT2D eigenvalue weighted by atomic mass is 10.1. The zero-order valence-corrected chi connectivity index (χ0v) is 16.1. The van der Waals surface area contributed by atoms with Gasteiger partial charge in [-0.1, -0.05) is 11.6 Å². The molecule has 1 heterocycles. The van der Waals surface area contributed by atoms with E-state index in [-0.39, 0.29) is 11.8 Å². The van der Waals surface area contributed by atoms with Crippen LogP contribution in [0.3, 0.4) is 0 Å². The van der Waals surface area contributed by atoms with Crippen LogP contribution in [-0.4, -0.2) is 57.1 Å². The van der Waals surface area contributed by atoms with Crippen LogP contribution in [0.4, 0.5) is 11.4 Å². The van der Waals surface area contributed by atoms with Crippen LogP contribution in [0.5, 0.6) is 0 Å². The van der Waals surface area contributed by atoms with E-state index >= 15 is 0 Å². The summed E-state index contributed by atoms with van der Waals surface area (Å²) in [7, 11) is 3.31. The minimum absolute atomic E-state index is 0.217. The number of hydrogen-bond donors (Lipinski definition) is 1. The molecule has 0 atom stereocenters. The Morgan fingerprint density at radius 1 is 1.07 bits per heavy atom. The number of hydrogen-bond acceptors (Lipinski definition) is 4. The fraction of sp³-hybridized carbons (Fsp3) is 0.300. The van der Waals surface area contributed by atoms with Gasteiger partial charge in [0.25, 0.3) is 11.8 Å². The van der Waals surface area contributed by atoms with Crippen LogP contribution in [0.15, 0.2) is 42.5 Å². The van der Waals surface area contributed by atoms with Gasteiger partial charge in [0, 0.05) is 44.1 Å². The molecule has 142 valence electrons. The highest BCUT2D eigenvalue weighted by Crippen LogP contribution is 2.23. The van der Waals surface area contributed by atoms with Crippen LogP contribution in [0.2, 0.25) is 5.02 Å². The summed E-state index contributed by atoms with van der Waals surface area (Å²) in [5.74, 6) is -0.458. The molecule has 0 spiro atoms. The highest BCUT2D eigenvalue weighted by molar-refractivity contribution is 6.34. The zero-order chi connectivity index (χ0) is 19.4. The first-order valence-corrected chi connectivity index (χ1v) is 9.09. The molecule has 0 radical (unpaired) electrons. The molecular formula is C20H22ClN3O3. The number of halogens is 1. The van der Waals surface area contributed by atoms with Gasteiger partial charge in [-0.05, 0) is 42.5 Å². The summed E-state index contributed by atoms with van der Waals surface area (Å²) in [6.07, 6.45) is 0. The van der Waals surface area contributed by atoms with Crippen molar-refractivity contribution in [2.45, 2.75) is 0 Å². The van der Waals surface area contributed by atoms with Gasteiger partial charge >= 0.3 is 0 Å². The zero-order valence-electron chi connectivity index (χ0n) is 15.4. The summed E-state index contributed by atoms with van der Waals surface area (Å²) in [5, 5.41) is 3.17. The molecule has 2 aromatic carbocycles. The summed E-state index contributed by atoms with van der Waals surface area (Å²) in [4.78, 5) is 28.4. The lowest BCUT2D eigenvalue weighted by Gasteiger charge is -2.28. The summed E-state index contributed by atoms with van der Waals surface area (Å²) in [6, 6.07) is 12.3. The molecule has 1 aliphatic rings. The van der Waals surface area contributed by atoms with E-state index in [0.717, 1.165) is 18.8 Å². The van der Waals surface area contributed by atoms with E-state index < -0.39 is 0 Å². The van der Waals surface area contributed by atoms with Crippen molar-refractivity contribution in [3.05, 3.63) is 58.6 Å². The highest BCUT2D eigenvalue weighted by Gasteiger charge is 2.15. The van der Waals surface area contributed by atoms with Crippen molar-refractivity contribution in [3.8, 4) is 0 Å². The summed E-state index contributed by atoms with van der Waals surface area (Å²) >= 11 is 6.11. The van der Waals surface area contributed by atoms with Crippen molar-refractivity contribution >= 4 is 34.8 Å². The topological polar surface area (TPSA) is 61.9 Å². The van der Waals surface area contributed by atoms with E-state index in [4.69, 9.17) is 16.3 Å². The molecule has 0 saturated carbocycles. The predicted octanol–water partition coefficient (Wildman–Crippen LogP) is 3.13. The fourth-order valence-corrected chi connectivity index (χ4v) is 3.05. The number of carbonyl (C=O) groups excluding carboxylic acids is 2. The van der Waals surface area contributed by atoms with Crippen LogP contribution in [-0.2, 0) is 4.74 Å². The van der Waals surface area contributed by atoms with Crippen LogP contribution in [0, 0.1) is 0 Å². The molecule has 1 aliphatic heterocycles. The minimum Gasteiger partial charge on any atom is -0.378 e. The number of nitrogens with one attached hydrogen (secondary N) is 1. The number of amides is 2. The molecule has 1 N–H and O–H groups in total. The second-order valence-corrected chi connectivity index (χ2v) is 6.90. The van der Waals surface area contributed by atoms with Crippen molar-refractivity contribution in [3.63, 3.8) is 0 Å². The van der Waals surface area contributed by atoms with Gasteiger partial charge in [0.1, 0.15) is 0 Å². The number of rotatable bonds is 4. The average Bonchev–Trinajstić information content (AvgIpc) is 2.69. The molecule has 0 aliphatic carbocycles. The van der Waals surface area contributed by atoms with Gasteiger partial charge in [-0.15, -0.1) is 0 Å². The Labute approximate surface area is 163 Å². The first kappa shape index (κ1) is 19.2. The molecule has 0 aromatic heterocycles. The number of anilines is 2. The molecule has 7 heteroatoms. The van der Waals surface area contributed by atoms with Crippen molar-refractivity contribution in [1.29, 1.82) is 0 Å². The van der Waals surface area contributed by atoms with Crippen molar-refractivity contribution in [2.24, 2.45) is 0 Å². The monoisotopic (exact) mass is 387 g/mol. The molecule has 1 saturated heterocycles. The molecule has 0 bridgehead atoms. The smallest absolute Gasteiger partial charge is 0.255 e. The van der Waals surface area contributed by atoms with Crippen molar-refractivity contribution in [1.82, 2.24) is 4.90 Å². The van der Waals surface area contributed by atoms with Gasteiger partial charge in [-0.25, -0.2) is 0 Å². The standard InChI is InChI=1S/C20H22ClN3O3/c1-23(2)20(26)17-13-15(5-8-18(17)21)22-19(25)14-3-6-16(7-4-14)24-9-11-27-12-10-24/h3-8,13H,9-12H2,1-2H3,(H,22,25). The van der Waals surface area contributed by atoms with Crippen LogP contribution in [0.25, 0.3) is 0 Å². The van der Waals surface area contributed by atoms with Gasteiger partial charge in [-0.2, -0.15) is 0 Å². The molecule has 3 rings (SSSR count). The normalized spacial score (nSPS) is 14.0. The van der Waals surface area contributed by atoms with Gasteiger partial charge in [0.15, 0.2) is 0 Å². The first-order valence-electron chi connectivity index (χ1n) is 8.71. The van der Waals surface area contributed by atoms with Gasteiger partial charge in [0.05, 0.1) is 23.8 Å².